The summed E-state index contributed by atoms with van der Waals surface area (Å²) in [7, 11) is 0. The number of aryl methyl sites for hydroxylation is 3. The maximum absolute atomic E-state index is 3.55. The average Bonchev–Trinajstić information content (AvgIpc) is 2.52. The SMILES string of the molecule is Cc1cc(C)c(Nc2ccc(-c3ccccc3)cc2)c(C)c1. The number of anilines is 2. The van der Waals surface area contributed by atoms with Crippen molar-refractivity contribution in [3.63, 3.8) is 0 Å². The Kier molecular flexibility index (Phi) is 3.97. The summed E-state index contributed by atoms with van der Waals surface area (Å²) in [6, 6.07) is 23.5. The zero-order valence-corrected chi connectivity index (χ0v) is 13.4. The van der Waals surface area contributed by atoms with Crippen molar-refractivity contribution in [1.29, 1.82) is 0 Å². The Morgan fingerprint density at radius 2 is 1.18 bits per heavy atom. The molecular formula is C21H21N. The first-order valence-corrected chi connectivity index (χ1v) is 7.64. The van der Waals surface area contributed by atoms with E-state index in [1.807, 2.05) is 6.07 Å². The van der Waals surface area contributed by atoms with Crippen LogP contribution in [0.15, 0.2) is 66.7 Å². The van der Waals surface area contributed by atoms with Crippen molar-refractivity contribution in [2.75, 3.05) is 5.32 Å². The first kappa shape index (κ1) is 14.4. The lowest BCUT2D eigenvalue weighted by molar-refractivity contribution is 1.31. The lowest BCUT2D eigenvalue weighted by atomic mass is 10.0. The summed E-state index contributed by atoms with van der Waals surface area (Å²) in [5.74, 6) is 0. The molecule has 0 aliphatic rings. The van der Waals surface area contributed by atoms with Crippen LogP contribution in [0.2, 0.25) is 0 Å². The van der Waals surface area contributed by atoms with Crippen LogP contribution in [0.25, 0.3) is 11.1 Å². The van der Waals surface area contributed by atoms with Gasteiger partial charge in [0.2, 0.25) is 0 Å². The molecule has 0 spiro atoms. The molecule has 0 heterocycles. The van der Waals surface area contributed by atoms with Crippen LogP contribution in [0, 0.1) is 20.8 Å². The van der Waals surface area contributed by atoms with Gasteiger partial charge in [-0.3, -0.25) is 0 Å². The monoisotopic (exact) mass is 287 g/mol. The minimum atomic E-state index is 1.12. The molecule has 3 aromatic rings. The summed E-state index contributed by atoms with van der Waals surface area (Å²) in [6.07, 6.45) is 0. The molecule has 3 rings (SSSR count). The van der Waals surface area contributed by atoms with Crippen molar-refractivity contribution < 1.29 is 0 Å². The van der Waals surface area contributed by atoms with Crippen LogP contribution in [0.4, 0.5) is 11.4 Å². The van der Waals surface area contributed by atoms with E-state index < -0.39 is 0 Å². The summed E-state index contributed by atoms with van der Waals surface area (Å²) >= 11 is 0. The zero-order valence-electron chi connectivity index (χ0n) is 13.4. The third-order valence-electron chi connectivity index (χ3n) is 3.94. The van der Waals surface area contributed by atoms with Crippen molar-refractivity contribution in [2.24, 2.45) is 0 Å². The maximum Gasteiger partial charge on any atom is 0.0443 e. The van der Waals surface area contributed by atoms with Gasteiger partial charge in [0.1, 0.15) is 0 Å². The van der Waals surface area contributed by atoms with Gasteiger partial charge in [0, 0.05) is 11.4 Å². The predicted octanol–water partition coefficient (Wildman–Crippen LogP) is 6.02. The second-order valence-electron chi connectivity index (χ2n) is 5.84. The van der Waals surface area contributed by atoms with E-state index in [0.717, 1.165) is 5.69 Å². The molecule has 0 fully saturated rings. The van der Waals surface area contributed by atoms with Gasteiger partial charge in [-0.05, 0) is 55.2 Å². The quantitative estimate of drug-likeness (QED) is 0.621. The number of hydrogen-bond donors (Lipinski definition) is 1. The molecule has 0 atom stereocenters. The Labute approximate surface area is 132 Å². The minimum absolute atomic E-state index is 1.12. The summed E-state index contributed by atoms with van der Waals surface area (Å²) in [5.41, 5.74) is 8.68. The lowest BCUT2D eigenvalue weighted by Gasteiger charge is -2.14. The zero-order chi connectivity index (χ0) is 15.5. The van der Waals surface area contributed by atoms with E-state index in [-0.39, 0.29) is 0 Å². The molecule has 0 unspecified atom stereocenters. The molecule has 1 nitrogen and oxygen atoms in total. The molecular weight excluding hydrogens is 266 g/mol. The van der Waals surface area contributed by atoms with Crippen LogP contribution in [0.5, 0.6) is 0 Å². The molecule has 22 heavy (non-hydrogen) atoms. The number of benzene rings is 3. The van der Waals surface area contributed by atoms with E-state index in [0.29, 0.717) is 0 Å². The smallest absolute Gasteiger partial charge is 0.0443 e. The second-order valence-corrected chi connectivity index (χ2v) is 5.84. The van der Waals surface area contributed by atoms with Gasteiger partial charge in [-0.2, -0.15) is 0 Å². The van der Waals surface area contributed by atoms with Crippen molar-refractivity contribution >= 4 is 11.4 Å². The standard InChI is InChI=1S/C21H21N/c1-15-13-16(2)21(17(3)14-15)22-20-11-9-19(10-12-20)18-7-5-4-6-8-18/h4-14,22H,1-3H3. The van der Waals surface area contributed by atoms with E-state index in [9.17, 15) is 0 Å². The number of hydrogen-bond acceptors (Lipinski definition) is 1. The largest absolute Gasteiger partial charge is 0.355 e. The van der Waals surface area contributed by atoms with Crippen molar-refractivity contribution in [2.45, 2.75) is 20.8 Å². The van der Waals surface area contributed by atoms with E-state index in [2.05, 4.69) is 86.8 Å². The normalized spacial score (nSPS) is 10.5. The van der Waals surface area contributed by atoms with Gasteiger partial charge in [-0.25, -0.2) is 0 Å². The number of nitrogens with one attached hydrogen (secondary N) is 1. The molecule has 1 N–H and O–H groups in total. The van der Waals surface area contributed by atoms with Crippen molar-refractivity contribution in [3.8, 4) is 11.1 Å². The minimum Gasteiger partial charge on any atom is -0.355 e. The first-order valence-electron chi connectivity index (χ1n) is 7.64. The fourth-order valence-corrected chi connectivity index (χ4v) is 2.90. The third kappa shape index (κ3) is 3.04. The van der Waals surface area contributed by atoms with Gasteiger partial charge >= 0.3 is 0 Å². The van der Waals surface area contributed by atoms with E-state index in [1.165, 1.54) is 33.5 Å². The summed E-state index contributed by atoms with van der Waals surface area (Å²) in [6.45, 7) is 6.44. The summed E-state index contributed by atoms with van der Waals surface area (Å²) in [5, 5.41) is 3.55. The van der Waals surface area contributed by atoms with Gasteiger partial charge in [-0.1, -0.05) is 60.2 Å². The fourth-order valence-electron chi connectivity index (χ4n) is 2.90. The molecule has 0 amide bonds. The molecule has 0 aliphatic carbocycles. The van der Waals surface area contributed by atoms with Crippen LogP contribution in [-0.2, 0) is 0 Å². The van der Waals surface area contributed by atoms with Gasteiger partial charge < -0.3 is 5.32 Å². The Balaban J connectivity index is 1.86. The highest BCUT2D eigenvalue weighted by atomic mass is 14.9. The third-order valence-corrected chi connectivity index (χ3v) is 3.94. The Morgan fingerprint density at radius 3 is 1.77 bits per heavy atom. The van der Waals surface area contributed by atoms with Gasteiger partial charge in [-0.15, -0.1) is 0 Å². The molecule has 0 saturated heterocycles. The second kappa shape index (κ2) is 6.07. The predicted molar refractivity (Wildman–Crippen MR) is 95.8 cm³/mol. The molecule has 1 heteroatoms. The maximum atomic E-state index is 3.55. The molecule has 0 aliphatic heterocycles. The van der Waals surface area contributed by atoms with Gasteiger partial charge in [0.15, 0.2) is 0 Å². The van der Waals surface area contributed by atoms with Crippen LogP contribution in [0.1, 0.15) is 16.7 Å². The molecule has 0 radical (unpaired) electrons. The van der Waals surface area contributed by atoms with Crippen molar-refractivity contribution in [1.82, 2.24) is 0 Å². The van der Waals surface area contributed by atoms with E-state index in [4.69, 9.17) is 0 Å². The average molecular weight is 287 g/mol. The van der Waals surface area contributed by atoms with Crippen LogP contribution in [0.3, 0.4) is 0 Å². The van der Waals surface area contributed by atoms with Gasteiger partial charge in [0.25, 0.3) is 0 Å². The van der Waals surface area contributed by atoms with Crippen LogP contribution in [-0.4, -0.2) is 0 Å². The highest BCUT2D eigenvalue weighted by molar-refractivity contribution is 5.71. The fraction of sp³-hybridized carbons (Fsp3) is 0.143. The summed E-state index contributed by atoms with van der Waals surface area (Å²) < 4.78 is 0. The Hall–Kier alpha value is -2.54. The van der Waals surface area contributed by atoms with Crippen molar-refractivity contribution in [3.05, 3.63) is 83.4 Å². The Morgan fingerprint density at radius 1 is 0.636 bits per heavy atom. The van der Waals surface area contributed by atoms with Crippen LogP contribution >= 0.6 is 0 Å². The Bertz CT molecular complexity index is 748. The highest BCUT2D eigenvalue weighted by Gasteiger charge is 2.04. The van der Waals surface area contributed by atoms with E-state index >= 15 is 0 Å². The highest BCUT2D eigenvalue weighted by Crippen LogP contribution is 2.27. The lowest BCUT2D eigenvalue weighted by Crippen LogP contribution is -1.97. The van der Waals surface area contributed by atoms with E-state index in [1.54, 1.807) is 0 Å². The summed E-state index contributed by atoms with van der Waals surface area (Å²) in [4.78, 5) is 0. The molecule has 0 aromatic heterocycles. The topological polar surface area (TPSA) is 12.0 Å². The number of rotatable bonds is 3. The molecule has 0 saturated carbocycles. The molecule has 3 aromatic carbocycles. The van der Waals surface area contributed by atoms with Gasteiger partial charge in [0.05, 0.1) is 0 Å². The molecule has 110 valence electrons. The van der Waals surface area contributed by atoms with Crippen LogP contribution < -0.4 is 5.32 Å². The first-order chi connectivity index (χ1) is 10.6. The molecule has 0 bridgehead atoms.